The van der Waals surface area contributed by atoms with E-state index in [0.29, 0.717) is 0 Å². The van der Waals surface area contributed by atoms with E-state index in [0.717, 1.165) is 5.56 Å². The monoisotopic (exact) mass is 336 g/mol. The van der Waals surface area contributed by atoms with Crippen LogP contribution in [0.2, 0.25) is 0 Å². The smallest absolute Gasteiger partial charge is 0.407 e. The van der Waals surface area contributed by atoms with E-state index in [1.54, 1.807) is 12.1 Å². The van der Waals surface area contributed by atoms with E-state index in [-0.39, 0.29) is 19.7 Å². The number of alkyl carbamates (subject to hydrolysis) is 1. The summed E-state index contributed by atoms with van der Waals surface area (Å²) in [5.74, 6) is -1.83. The molecular weight excluding hydrogens is 316 g/mol. The lowest BCUT2D eigenvalue weighted by atomic mass is 10.2. The van der Waals surface area contributed by atoms with E-state index >= 15 is 0 Å². The zero-order chi connectivity index (χ0) is 17.9. The summed E-state index contributed by atoms with van der Waals surface area (Å²) < 4.78 is 4.92. The van der Waals surface area contributed by atoms with Crippen LogP contribution in [0.15, 0.2) is 30.3 Å². The predicted molar refractivity (Wildman–Crippen MR) is 84.4 cm³/mol. The van der Waals surface area contributed by atoms with Crippen LogP contribution in [-0.4, -0.2) is 42.9 Å². The van der Waals surface area contributed by atoms with Crippen LogP contribution in [0.25, 0.3) is 0 Å². The molecule has 9 heteroatoms. The van der Waals surface area contributed by atoms with Crippen LogP contribution < -0.4 is 21.7 Å². The van der Waals surface area contributed by atoms with Gasteiger partial charge in [0, 0.05) is 0 Å². The molecule has 0 fully saturated rings. The zero-order valence-electron chi connectivity index (χ0n) is 13.2. The number of ether oxygens (including phenoxy) is 1. The van der Waals surface area contributed by atoms with Gasteiger partial charge in [0.25, 0.3) is 0 Å². The Morgan fingerprint density at radius 2 is 1.67 bits per heavy atom. The van der Waals surface area contributed by atoms with Crippen molar-refractivity contribution in [3.63, 3.8) is 0 Å². The highest BCUT2D eigenvalue weighted by Gasteiger charge is 2.13. The van der Waals surface area contributed by atoms with Crippen LogP contribution >= 0.6 is 0 Å². The van der Waals surface area contributed by atoms with Crippen molar-refractivity contribution in [3.05, 3.63) is 35.9 Å². The Bertz CT molecular complexity index is 591. The minimum Gasteiger partial charge on any atom is -0.445 e. The summed E-state index contributed by atoms with van der Waals surface area (Å²) in [6, 6.07) is 8.23. The van der Waals surface area contributed by atoms with Gasteiger partial charge in [0.15, 0.2) is 0 Å². The van der Waals surface area contributed by atoms with E-state index in [1.165, 1.54) is 6.92 Å². The second-order valence-electron chi connectivity index (χ2n) is 4.88. The van der Waals surface area contributed by atoms with Gasteiger partial charge in [0.2, 0.25) is 17.7 Å². The van der Waals surface area contributed by atoms with Gasteiger partial charge in [0.1, 0.15) is 19.2 Å². The first-order valence-electron chi connectivity index (χ1n) is 7.18. The van der Waals surface area contributed by atoms with Crippen LogP contribution in [0, 0.1) is 0 Å². The van der Waals surface area contributed by atoms with Gasteiger partial charge in [0.05, 0.1) is 6.54 Å². The van der Waals surface area contributed by atoms with E-state index in [9.17, 15) is 19.2 Å². The normalized spacial score (nSPS) is 11.0. The van der Waals surface area contributed by atoms with E-state index in [2.05, 4.69) is 16.0 Å². The maximum atomic E-state index is 11.5. The van der Waals surface area contributed by atoms with Crippen LogP contribution in [0.1, 0.15) is 12.5 Å². The molecule has 0 aromatic heterocycles. The van der Waals surface area contributed by atoms with Crippen molar-refractivity contribution in [2.75, 3.05) is 13.1 Å². The summed E-state index contributed by atoms with van der Waals surface area (Å²) in [7, 11) is 0. The molecule has 0 bridgehead atoms. The first-order chi connectivity index (χ1) is 11.4. The molecule has 1 aromatic carbocycles. The Hall–Kier alpha value is -3.10. The van der Waals surface area contributed by atoms with Crippen molar-refractivity contribution in [3.8, 4) is 0 Å². The molecule has 9 nitrogen and oxygen atoms in total. The number of hydrogen-bond acceptors (Lipinski definition) is 5. The molecule has 0 aliphatic carbocycles. The number of carbonyl (C=O) groups is 4. The second kappa shape index (κ2) is 9.82. The number of carbonyl (C=O) groups excluding carboxylic acids is 4. The summed E-state index contributed by atoms with van der Waals surface area (Å²) in [5, 5.41) is 6.84. The highest BCUT2D eigenvalue weighted by molar-refractivity contribution is 5.90. The van der Waals surface area contributed by atoms with Crippen LogP contribution in [0.5, 0.6) is 0 Å². The number of nitrogens with one attached hydrogen (secondary N) is 3. The molecule has 0 aliphatic rings. The average molecular weight is 336 g/mol. The Kier molecular flexibility index (Phi) is 7.76. The lowest BCUT2D eigenvalue weighted by Gasteiger charge is -2.11. The summed E-state index contributed by atoms with van der Waals surface area (Å²) in [4.78, 5) is 45.1. The number of rotatable bonds is 8. The fourth-order valence-electron chi connectivity index (χ4n) is 1.53. The largest absolute Gasteiger partial charge is 0.445 e. The Morgan fingerprint density at radius 3 is 2.29 bits per heavy atom. The quantitative estimate of drug-likeness (QED) is 0.483. The number of benzene rings is 1. The molecule has 1 atom stereocenters. The van der Waals surface area contributed by atoms with Crippen molar-refractivity contribution in [1.82, 2.24) is 16.0 Å². The first-order valence-corrected chi connectivity index (χ1v) is 7.18. The Morgan fingerprint density at radius 1 is 1.04 bits per heavy atom. The SMILES string of the molecule is CC(NC(=O)CNC(=O)CNC(=O)OCc1ccccc1)C(N)=O. The summed E-state index contributed by atoms with van der Waals surface area (Å²) >= 11 is 0. The highest BCUT2D eigenvalue weighted by atomic mass is 16.5. The minimum atomic E-state index is -0.833. The van der Waals surface area contributed by atoms with E-state index in [1.807, 2.05) is 18.2 Å². The van der Waals surface area contributed by atoms with Gasteiger partial charge in [-0.25, -0.2) is 4.79 Å². The third kappa shape index (κ3) is 7.78. The van der Waals surface area contributed by atoms with Crippen molar-refractivity contribution in [1.29, 1.82) is 0 Å². The molecule has 5 N–H and O–H groups in total. The molecule has 0 spiro atoms. The third-order valence-corrected chi connectivity index (χ3v) is 2.86. The molecule has 4 amide bonds. The Balaban J connectivity index is 2.17. The molecule has 24 heavy (non-hydrogen) atoms. The van der Waals surface area contributed by atoms with Crippen LogP contribution in [0.3, 0.4) is 0 Å². The summed E-state index contributed by atoms with van der Waals surface area (Å²) in [5.41, 5.74) is 5.81. The number of amides is 4. The van der Waals surface area contributed by atoms with E-state index < -0.39 is 29.9 Å². The molecule has 1 unspecified atom stereocenters. The fourth-order valence-corrected chi connectivity index (χ4v) is 1.53. The highest BCUT2D eigenvalue weighted by Crippen LogP contribution is 2.00. The van der Waals surface area contributed by atoms with Gasteiger partial charge in [-0.3, -0.25) is 14.4 Å². The molecule has 0 saturated carbocycles. The molecule has 1 aromatic rings. The third-order valence-electron chi connectivity index (χ3n) is 2.86. The lowest BCUT2D eigenvalue weighted by Crippen LogP contribution is -2.47. The van der Waals surface area contributed by atoms with Crippen molar-refractivity contribution in [2.24, 2.45) is 5.73 Å². The van der Waals surface area contributed by atoms with Gasteiger partial charge in [-0.1, -0.05) is 30.3 Å². The number of hydrogen-bond donors (Lipinski definition) is 4. The summed E-state index contributed by atoms with van der Waals surface area (Å²) in [6.07, 6.45) is -0.749. The Labute approximate surface area is 138 Å². The van der Waals surface area contributed by atoms with Crippen LogP contribution in [0.4, 0.5) is 4.79 Å². The first kappa shape index (κ1) is 18.9. The molecule has 0 radical (unpaired) electrons. The lowest BCUT2D eigenvalue weighted by molar-refractivity contribution is -0.128. The van der Waals surface area contributed by atoms with Gasteiger partial charge < -0.3 is 26.4 Å². The average Bonchev–Trinajstić information content (AvgIpc) is 2.57. The van der Waals surface area contributed by atoms with Gasteiger partial charge in [-0.2, -0.15) is 0 Å². The second-order valence-corrected chi connectivity index (χ2v) is 4.88. The molecule has 0 heterocycles. The van der Waals surface area contributed by atoms with Crippen molar-refractivity contribution >= 4 is 23.8 Å². The summed E-state index contributed by atoms with van der Waals surface area (Å²) in [6.45, 7) is 0.831. The predicted octanol–water partition coefficient (Wildman–Crippen LogP) is -0.981. The molecule has 0 saturated heterocycles. The number of primary amides is 1. The minimum absolute atomic E-state index is 0.0850. The molecule has 0 aliphatic heterocycles. The van der Waals surface area contributed by atoms with E-state index in [4.69, 9.17) is 10.5 Å². The molecular formula is C15H20N4O5. The fraction of sp³-hybridized carbons (Fsp3) is 0.333. The molecule has 130 valence electrons. The maximum Gasteiger partial charge on any atom is 0.407 e. The standard InChI is InChI=1S/C15H20N4O5/c1-10(14(16)22)19-13(21)8-17-12(20)7-18-15(23)24-9-11-5-3-2-4-6-11/h2-6,10H,7-9H2,1H3,(H2,16,22)(H,17,20)(H,18,23)(H,19,21). The maximum absolute atomic E-state index is 11.5. The van der Waals surface area contributed by atoms with Crippen molar-refractivity contribution in [2.45, 2.75) is 19.6 Å². The van der Waals surface area contributed by atoms with Gasteiger partial charge in [-0.15, -0.1) is 0 Å². The van der Waals surface area contributed by atoms with Crippen LogP contribution in [-0.2, 0) is 25.7 Å². The zero-order valence-corrected chi connectivity index (χ0v) is 13.2. The molecule has 1 rings (SSSR count). The van der Waals surface area contributed by atoms with Gasteiger partial charge >= 0.3 is 6.09 Å². The topological polar surface area (TPSA) is 140 Å². The number of nitrogens with two attached hydrogens (primary N) is 1. The van der Waals surface area contributed by atoms with Crippen molar-refractivity contribution < 1.29 is 23.9 Å². The van der Waals surface area contributed by atoms with Gasteiger partial charge in [-0.05, 0) is 12.5 Å².